The average molecular weight is 266 g/mol. The summed E-state index contributed by atoms with van der Waals surface area (Å²) < 4.78 is 9.03. The minimum atomic E-state index is -0.750. The van der Waals surface area contributed by atoms with Gasteiger partial charge in [-0.15, -0.1) is 0 Å². The monoisotopic (exact) mass is 264 g/mol. The second-order valence-electron chi connectivity index (χ2n) is 2.35. The molecule has 0 bridgehead atoms. The highest BCUT2D eigenvalue weighted by Gasteiger charge is 1.94. The van der Waals surface area contributed by atoms with Gasteiger partial charge in [-0.3, -0.25) is 0 Å². The van der Waals surface area contributed by atoms with Crippen LogP contribution in [0.4, 0.5) is 0 Å². The molecule has 0 amide bonds. The molecule has 0 aromatic rings. The van der Waals surface area contributed by atoms with Crippen LogP contribution in [-0.4, -0.2) is 30.7 Å². The topological polar surface area (TPSA) is 18.5 Å². The van der Waals surface area contributed by atoms with Gasteiger partial charge in [0.2, 0.25) is 0 Å². The number of alkyl halides is 3. The normalized spacial score (nSPS) is 14.1. The third kappa shape index (κ3) is 29.3. The standard InChI is InChI=1S/C4H8O.C4H10O.CHCl3/c1-2-4-5-3-1;1-3-5-4-2;2-1(3)4/h1-4H2;3-4H2,1-2H3;1H. The van der Waals surface area contributed by atoms with E-state index in [9.17, 15) is 0 Å². The van der Waals surface area contributed by atoms with Crippen LogP contribution in [0.3, 0.4) is 0 Å². The van der Waals surface area contributed by atoms with E-state index in [0.29, 0.717) is 0 Å². The lowest BCUT2D eigenvalue weighted by atomic mass is 10.4. The number of ether oxygens (including phenoxy) is 2. The summed E-state index contributed by atoms with van der Waals surface area (Å²) in [4.78, 5) is 0. The van der Waals surface area contributed by atoms with Gasteiger partial charge in [0, 0.05) is 26.4 Å². The van der Waals surface area contributed by atoms with Gasteiger partial charge in [0.05, 0.1) is 0 Å². The summed E-state index contributed by atoms with van der Waals surface area (Å²) in [6.45, 7) is 7.67. The Balaban J connectivity index is 0. The fourth-order valence-electron chi connectivity index (χ4n) is 0.714. The van der Waals surface area contributed by atoms with Crippen LogP contribution in [0.2, 0.25) is 0 Å². The van der Waals surface area contributed by atoms with Crippen LogP contribution in [0, 0.1) is 0 Å². The van der Waals surface area contributed by atoms with Crippen molar-refractivity contribution in [3.05, 3.63) is 0 Å². The first-order chi connectivity index (χ1) is 6.65. The van der Waals surface area contributed by atoms with Gasteiger partial charge in [-0.05, 0) is 26.7 Å². The molecule has 0 atom stereocenters. The fraction of sp³-hybridized carbons (Fsp3) is 1.00. The zero-order chi connectivity index (χ0) is 11.2. The number of hydrogen-bond acceptors (Lipinski definition) is 2. The molecule has 0 N–H and O–H groups in total. The second kappa shape index (κ2) is 16.2. The summed E-state index contributed by atoms with van der Waals surface area (Å²) in [5.74, 6) is 0. The summed E-state index contributed by atoms with van der Waals surface area (Å²) in [5.41, 5.74) is 0. The van der Waals surface area contributed by atoms with E-state index in [0.717, 1.165) is 26.4 Å². The van der Waals surface area contributed by atoms with Crippen LogP contribution in [-0.2, 0) is 9.47 Å². The molecule has 0 radical (unpaired) electrons. The quantitative estimate of drug-likeness (QED) is 0.707. The van der Waals surface area contributed by atoms with Crippen molar-refractivity contribution in [2.45, 2.75) is 31.0 Å². The molecule has 1 saturated heterocycles. The highest BCUT2D eigenvalue weighted by Crippen LogP contribution is 2.03. The zero-order valence-corrected chi connectivity index (χ0v) is 11.0. The summed E-state index contributed by atoms with van der Waals surface area (Å²) in [6.07, 6.45) is 2.56. The van der Waals surface area contributed by atoms with Crippen LogP contribution < -0.4 is 0 Å². The van der Waals surface area contributed by atoms with Crippen molar-refractivity contribution in [3.63, 3.8) is 0 Å². The van der Waals surface area contributed by atoms with Crippen molar-refractivity contribution < 1.29 is 9.47 Å². The van der Waals surface area contributed by atoms with Crippen molar-refractivity contribution in [1.82, 2.24) is 0 Å². The molecule has 1 fully saturated rings. The molecule has 5 heteroatoms. The van der Waals surface area contributed by atoms with Gasteiger partial charge in [-0.2, -0.15) is 0 Å². The molecule has 2 nitrogen and oxygen atoms in total. The van der Waals surface area contributed by atoms with E-state index in [4.69, 9.17) is 44.3 Å². The van der Waals surface area contributed by atoms with Crippen molar-refractivity contribution in [2.24, 2.45) is 0 Å². The van der Waals surface area contributed by atoms with E-state index in [1.807, 2.05) is 13.8 Å². The first-order valence-corrected chi connectivity index (χ1v) is 6.03. The molecule has 0 saturated carbocycles. The summed E-state index contributed by atoms with van der Waals surface area (Å²) in [7, 11) is 0. The SMILES string of the molecule is C1CCOC1.CCOCC.ClC(Cl)Cl. The Bertz CT molecular complexity index is 75.8. The molecule has 0 unspecified atom stereocenters. The average Bonchev–Trinajstić information content (AvgIpc) is 2.61. The van der Waals surface area contributed by atoms with E-state index >= 15 is 0 Å². The van der Waals surface area contributed by atoms with Gasteiger partial charge in [0.1, 0.15) is 0 Å². The smallest absolute Gasteiger partial charge is 0.180 e. The Morgan fingerprint density at radius 3 is 1.50 bits per heavy atom. The van der Waals surface area contributed by atoms with Crippen molar-refractivity contribution in [2.75, 3.05) is 26.4 Å². The van der Waals surface area contributed by atoms with Gasteiger partial charge in [-0.1, -0.05) is 34.8 Å². The van der Waals surface area contributed by atoms with Gasteiger partial charge < -0.3 is 9.47 Å². The predicted molar refractivity (Wildman–Crippen MR) is 63.6 cm³/mol. The first kappa shape index (κ1) is 17.2. The maximum atomic E-state index is 4.94. The predicted octanol–water partition coefficient (Wildman–Crippen LogP) is 3.83. The lowest BCUT2D eigenvalue weighted by molar-refractivity contribution is 0.162. The van der Waals surface area contributed by atoms with Crippen molar-refractivity contribution in [1.29, 1.82) is 0 Å². The zero-order valence-electron chi connectivity index (χ0n) is 8.77. The van der Waals surface area contributed by atoms with Gasteiger partial charge in [0.15, 0.2) is 4.30 Å². The van der Waals surface area contributed by atoms with Crippen LogP contribution >= 0.6 is 34.8 Å². The molecule has 0 spiro atoms. The van der Waals surface area contributed by atoms with E-state index in [1.54, 1.807) is 0 Å². The highest BCUT2D eigenvalue weighted by molar-refractivity contribution is 6.63. The summed E-state index contributed by atoms with van der Waals surface area (Å²) >= 11 is 14.4. The lowest BCUT2D eigenvalue weighted by Gasteiger charge is -1.86. The van der Waals surface area contributed by atoms with Gasteiger partial charge in [-0.25, -0.2) is 0 Å². The maximum Gasteiger partial charge on any atom is 0.180 e. The molecular formula is C9H19Cl3O2. The Morgan fingerprint density at radius 1 is 1.07 bits per heavy atom. The molecule has 0 aliphatic carbocycles. The minimum absolute atomic E-state index is 0.750. The Labute approximate surface area is 102 Å². The Hall–Kier alpha value is 0.790. The Morgan fingerprint density at radius 2 is 1.43 bits per heavy atom. The molecule has 88 valence electrons. The third-order valence-electron chi connectivity index (χ3n) is 1.24. The summed E-state index contributed by atoms with van der Waals surface area (Å²) in [5, 5.41) is 0. The summed E-state index contributed by atoms with van der Waals surface area (Å²) in [6, 6.07) is 0. The fourth-order valence-corrected chi connectivity index (χ4v) is 0.714. The highest BCUT2D eigenvalue weighted by atomic mass is 35.6. The van der Waals surface area contributed by atoms with Crippen LogP contribution in [0.15, 0.2) is 0 Å². The molecule has 14 heavy (non-hydrogen) atoms. The van der Waals surface area contributed by atoms with Crippen molar-refractivity contribution >= 4 is 34.8 Å². The second-order valence-corrected chi connectivity index (χ2v) is 4.33. The minimum Gasteiger partial charge on any atom is -0.382 e. The van der Waals surface area contributed by atoms with Crippen molar-refractivity contribution in [3.8, 4) is 0 Å². The Kier molecular flexibility index (Phi) is 19.9. The largest absolute Gasteiger partial charge is 0.382 e. The van der Waals surface area contributed by atoms with E-state index in [1.165, 1.54) is 12.8 Å². The molecule has 1 heterocycles. The molecule has 1 rings (SSSR count). The van der Waals surface area contributed by atoms with Crippen LogP contribution in [0.5, 0.6) is 0 Å². The maximum absolute atomic E-state index is 4.94. The molecule has 0 aromatic carbocycles. The van der Waals surface area contributed by atoms with E-state index in [-0.39, 0.29) is 0 Å². The van der Waals surface area contributed by atoms with Crippen LogP contribution in [0.1, 0.15) is 26.7 Å². The lowest BCUT2D eigenvalue weighted by Crippen LogP contribution is -1.84. The van der Waals surface area contributed by atoms with Gasteiger partial charge >= 0.3 is 0 Å². The molecule has 0 aromatic heterocycles. The molecule has 1 aliphatic rings. The van der Waals surface area contributed by atoms with E-state index < -0.39 is 4.30 Å². The van der Waals surface area contributed by atoms with Gasteiger partial charge in [0.25, 0.3) is 0 Å². The molecular weight excluding hydrogens is 246 g/mol. The van der Waals surface area contributed by atoms with Crippen LogP contribution in [0.25, 0.3) is 0 Å². The third-order valence-corrected chi connectivity index (χ3v) is 1.24. The van der Waals surface area contributed by atoms with E-state index in [2.05, 4.69) is 0 Å². The molecule has 1 aliphatic heterocycles. The first-order valence-electron chi connectivity index (χ1n) is 4.72. The number of halogens is 3. The number of rotatable bonds is 2. The number of hydrogen-bond donors (Lipinski definition) is 0.